The first-order valence-corrected chi connectivity index (χ1v) is 11.9. The Balaban J connectivity index is 1.78. The molecule has 0 spiro atoms. The van der Waals surface area contributed by atoms with Crippen molar-refractivity contribution >= 4 is 44.5 Å². The van der Waals surface area contributed by atoms with E-state index in [1.807, 2.05) is 48.2 Å². The molecule has 2 aliphatic rings. The highest BCUT2D eigenvalue weighted by molar-refractivity contribution is 7.80. The molecule has 2 aromatic carbocycles. The fourth-order valence-corrected chi connectivity index (χ4v) is 7.31. The van der Waals surface area contributed by atoms with Gasteiger partial charge in [0.15, 0.2) is 11.5 Å². The Labute approximate surface area is 181 Å². The number of anilines is 1. The molecule has 0 aliphatic carbocycles. The molecule has 148 valence electrons. The van der Waals surface area contributed by atoms with Crippen LogP contribution in [-0.2, 0) is 5.54 Å². The Bertz CT molecular complexity index is 1210. The molecule has 0 unspecified atom stereocenters. The zero-order valence-electron chi connectivity index (χ0n) is 16.3. The van der Waals surface area contributed by atoms with Gasteiger partial charge in [-0.1, -0.05) is 50.6 Å². The number of hydrogen-bond donors (Lipinski definition) is 0. The Kier molecular flexibility index (Phi) is 4.31. The van der Waals surface area contributed by atoms with E-state index in [0.29, 0.717) is 30.3 Å². The summed E-state index contributed by atoms with van der Waals surface area (Å²) in [5.41, 5.74) is 3.98. The molecule has 5 rings (SSSR count). The minimum absolute atomic E-state index is 0.0356. The topological polar surface area (TPSA) is 38.8 Å². The highest BCUT2D eigenvalue weighted by atomic mass is 32.9. The van der Waals surface area contributed by atoms with E-state index in [1.165, 1.54) is 0 Å². The summed E-state index contributed by atoms with van der Waals surface area (Å²) >= 11 is 5.67. The van der Waals surface area contributed by atoms with Crippen molar-refractivity contribution in [2.45, 2.75) is 26.3 Å². The number of nitrogens with zero attached hydrogens (tertiary/aromatic N) is 1. The summed E-state index contributed by atoms with van der Waals surface area (Å²) < 4.78 is 12.5. The number of carbonyl (C=O) groups excluding carboxylic acids is 1. The van der Waals surface area contributed by atoms with Gasteiger partial charge in [0.1, 0.15) is 17.0 Å². The normalized spacial score (nSPS) is 16.2. The molecular weight excluding hydrogens is 422 g/mol. The molecule has 4 nitrogen and oxygen atoms in total. The van der Waals surface area contributed by atoms with Gasteiger partial charge in [-0.3, -0.25) is 9.69 Å². The molecule has 3 aromatic rings. The van der Waals surface area contributed by atoms with Crippen molar-refractivity contribution in [3.05, 3.63) is 56.2 Å². The minimum atomic E-state index is -0.537. The average molecular weight is 442 g/mol. The van der Waals surface area contributed by atoms with Gasteiger partial charge in [-0.2, -0.15) is 0 Å². The van der Waals surface area contributed by atoms with Gasteiger partial charge in [0.2, 0.25) is 0 Å². The molecule has 0 radical (unpaired) electrons. The van der Waals surface area contributed by atoms with E-state index in [0.717, 1.165) is 31.1 Å². The summed E-state index contributed by atoms with van der Waals surface area (Å²) in [5, 5.41) is 0. The number of ether oxygens (including phenoxy) is 2. The second-order valence-electron chi connectivity index (χ2n) is 7.74. The molecule has 3 heterocycles. The van der Waals surface area contributed by atoms with Crippen LogP contribution >= 0.6 is 32.9 Å². The first-order valence-electron chi connectivity index (χ1n) is 9.37. The van der Waals surface area contributed by atoms with Crippen LogP contribution in [0.3, 0.4) is 0 Å². The number of amides is 1. The van der Waals surface area contributed by atoms with Gasteiger partial charge in [0, 0.05) is 22.8 Å². The first kappa shape index (κ1) is 18.8. The fourth-order valence-electron chi connectivity index (χ4n) is 4.03. The molecule has 0 fully saturated rings. The standard InChI is InChI=1S/C22H19NO3S3/c1-12-5-4-6-13(9-12)20(24)23-15-11-17-16(25-7-8-26-17)10-14(15)18-19(22(23,2)3)28-29-21(18)27/h4-6,9-11H,7-8H2,1-3H3. The van der Waals surface area contributed by atoms with Gasteiger partial charge >= 0.3 is 0 Å². The maximum atomic E-state index is 13.8. The third-order valence-electron chi connectivity index (χ3n) is 5.39. The molecular formula is C22H19NO3S3. The molecule has 29 heavy (non-hydrogen) atoms. The summed E-state index contributed by atoms with van der Waals surface area (Å²) in [7, 11) is 3.23. The molecule has 0 atom stereocenters. The van der Waals surface area contributed by atoms with Crippen LogP contribution in [0.4, 0.5) is 5.69 Å². The van der Waals surface area contributed by atoms with Crippen molar-refractivity contribution in [1.82, 2.24) is 0 Å². The zero-order valence-corrected chi connectivity index (χ0v) is 18.7. The number of fused-ring (bicyclic) bond motifs is 4. The van der Waals surface area contributed by atoms with Crippen LogP contribution < -0.4 is 14.4 Å². The lowest BCUT2D eigenvalue weighted by Gasteiger charge is -2.43. The lowest BCUT2D eigenvalue weighted by Crippen LogP contribution is -2.47. The van der Waals surface area contributed by atoms with E-state index in [4.69, 9.17) is 21.7 Å². The smallest absolute Gasteiger partial charge is 0.259 e. The maximum absolute atomic E-state index is 13.8. The fraction of sp³-hybridized carbons (Fsp3) is 0.273. The predicted octanol–water partition coefficient (Wildman–Crippen LogP) is 6.18. The highest BCUT2D eigenvalue weighted by Gasteiger charge is 2.44. The molecule has 0 N–H and O–H groups in total. The largest absolute Gasteiger partial charge is 0.486 e. The Morgan fingerprint density at radius 2 is 1.83 bits per heavy atom. The van der Waals surface area contributed by atoms with Crippen LogP contribution in [0.5, 0.6) is 11.5 Å². The third-order valence-corrected chi connectivity index (χ3v) is 8.72. The monoisotopic (exact) mass is 441 g/mol. The Hall–Kier alpha value is -2.22. The molecule has 1 aromatic heterocycles. The average Bonchev–Trinajstić information content (AvgIpc) is 3.09. The summed E-state index contributed by atoms with van der Waals surface area (Å²) in [6, 6.07) is 11.6. The number of aryl methyl sites for hydroxylation is 1. The van der Waals surface area contributed by atoms with Gasteiger partial charge in [-0.05, 0) is 39.0 Å². The Morgan fingerprint density at radius 1 is 1.10 bits per heavy atom. The number of benzene rings is 2. The van der Waals surface area contributed by atoms with Gasteiger partial charge in [0.25, 0.3) is 5.91 Å². The molecule has 0 saturated carbocycles. The van der Waals surface area contributed by atoms with Crippen LogP contribution in [0.2, 0.25) is 0 Å². The third kappa shape index (κ3) is 2.83. The van der Waals surface area contributed by atoms with Crippen molar-refractivity contribution in [3.8, 4) is 22.6 Å². The molecule has 7 heteroatoms. The second-order valence-corrected chi connectivity index (χ2v) is 10.6. The highest BCUT2D eigenvalue weighted by Crippen LogP contribution is 2.55. The number of rotatable bonds is 1. The van der Waals surface area contributed by atoms with E-state index >= 15 is 0 Å². The minimum Gasteiger partial charge on any atom is -0.486 e. The van der Waals surface area contributed by atoms with Crippen LogP contribution in [-0.4, -0.2) is 19.1 Å². The summed E-state index contributed by atoms with van der Waals surface area (Å²) in [6.45, 7) is 7.17. The lowest BCUT2D eigenvalue weighted by molar-refractivity contribution is 0.0961. The summed E-state index contributed by atoms with van der Waals surface area (Å²) in [4.78, 5) is 16.7. The lowest BCUT2D eigenvalue weighted by atomic mass is 9.86. The van der Waals surface area contributed by atoms with E-state index in [9.17, 15) is 4.79 Å². The number of hydrogen-bond acceptors (Lipinski definition) is 6. The predicted molar refractivity (Wildman–Crippen MR) is 120 cm³/mol. The van der Waals surface area contributed by atoms with Crippen LogP contribution in [0.15, 0.2) is 36.4 Å². The Morgan fingerprint density at radius 3 is 2.55 bits per heavy atom. The van der Waals surface area contributed by atoms with Gasteiger partial charge in [0.05, 0.1) is 16.1 Å². The zero-order chi connectivity index (χ0) is 20.3. The van der Waals surface area contributed by atoms with Crippen molar-refractivity contribution in [1.29, 1.82) is 0 Å². The van der Waals surface area contributed by atoms with E-state index in [2.05, 4.69) is 13.8 Å². The second kappa shape index (κ2) is 6.65. The first-order chi connectivity index (χ1) is 13.9. The van der Waals surface area contributed by atoms with Crippen molar-refractivity contribution in [2.75, 3.05) is 18.1 Å². The van der Waals surface area contributed by atoms with Gasteiger partial charge in [-0.15, -0.1) is 0 Å². The van der Waals surface area contributed by atoms with Crippen LogP contribution in [0, 0.1) is 10.7 Å². The van der Waals surface area contributed by atoms with Crippen molar-refractivity contribution in [3.63, 3.8) is 0 Å². The van der Waals surface area contributed by atoms with Gasteiger partial charge < -0.3 is 9.47 Å². The van der Waals surface area contributed by atoms with Crippen molar-refractivity contribution < 1.29 is 14.3 Å². The van der Waals surface area contributed by atoms with Crippen LogP contribution in [0.25, 0.3) is 11.1 Å². The van der Waals surface area contributed by atoms with Crippen molar-refractivity contribution in [2.24, 2.45) is 0 Å². The number of carbonyl (C=O) groups is 1. The quantitative estimate of drug-likeness (QED) is 0.334. The van der Waals surface area contributed by atoms with Gasteiger partial charge in [-0.25, -0.2) is 0 Å². The maximum Gasteiger partial charge on any atom is 0.259 e. The molecule has 0 bridgehead atoms. The molecule has 2 aliphatic heterocycles. The summed E-state index contributed by atoms with van der Waals surface area (Å²) in [5.74, 6) is 1.34. The van der Waals surface area contributed by atoms with Crippen LogP contribution in [0.1, 0.15) is 34.6 Å². The van der Waals surface area contributed by atoms with E-state index < -0.39 is 5.54 Å². The SMILES string of the molecule is Cc1cccc(C(=O)N2c3cc4c(cc3-c3c(ssc3=S)C2(C)C)OCCO4)c1. The van der Waals surface area contributed by atoms with E-state index in [1.54, 1.807) is 20.7 Å². The summed E-state index contributed by atoms with van der Waals surface area (Å²) in [6.07, 6.45) is 0. The van der Waals surface area contributed by atoms with E-state index in [-0.39, 0.29) is 5.91 Å². The molecule has 1 amide bonds. The molecule has 0 saturated heterocycles.